The first-order chi connectivity index (χ1) is 10.6. The highest BCUT2D eigenvalue weighted by Gasteiger charge is 2.74. The minimum Gasteiger partial charge on any atom is -0.469 e. The Morgan fingerprint density at radius 2 is 2.05 bits per heavy atom. The lowest BCUT2D eigenvalue weighted by Gasteiger charge is -2.70. The molecule has 0 aliphatic heterocycles. The van der Waals surface area contributed by atoms with Gasteiger partial charge in [0.2, 0.25) is 0 Å². The molecule has 4 rings (SSSR count). The molecule has 0 radical (unpaired) electrons. The summed E-state index contributed by atoms with van der Waals surface area (Å²) in [5, 5.41) is 22.4. The summed E-state index contributed by atoms with van der Waals surface area (Å²) < 4.78 is 4.84. The molecule has 0 amide bonds. The van der Waals surface area contributed by atoms with E-state index < -0.39 is 0 Å². The van der Waals surface area contributed by atoms with E-state index in [-0.39, 0.29) is 35.5 Å². The van der Waals surface area contributed by atoms with Gasteiger partial charge in [-0.05, 0) is 24.8 Å². The maximum absolute atomic E-state index is 11.7. The Hall–Kier alpha value is -1.90. The van der Waals surface area contributed by atoms with Gasteiger partial charge in [-0.25, -0.2) is 0 Å². The number of aliphatic hydroxyl groups excluding tert-OH is 1. The third kappa shape index (κ3) is 2.11. The maximum Gasteiger partial charge on any atom is 0.311 e. The highest BCUT2D eigenvalue weighted by atomic mass is 16.5. The summed E-state index contributed by atoms with van der Waals surface area (Å²) >= 11 is 0. The molecule has 116 valence electrons. The molecule has 1 aromatic carbocycles. The van der Waals surface area contributed by atoms with Gasteiger partial charge in [-0.2, -0.15) is 5.26 Å². The number of methoxy groups -OCH3 is 1. The number of nitrogens with zero attached hydrogens (tertiary/aromatic N) is 1. The molecule has 3 fully saturated rings. The van der Waals surface area contributed by atoms with Crippen molar-refractivity contribution in [3.05, 3.63) is 35.9 Å². The molecule has 2 atom stereocenters. The molecule has 5 nitrogen and oxygen atoms in total. The Balaban J connectivity index is 1.68. The van der Waals surface area contributed by atoms with Gasteiger partial charge in [0, 0.05) is 5.41 Å². The molecule has 2 bridgehead atoms. The van der Waals surface area contributed by atoms with Gasteiger partial charge >= 0.3 is 5.97 Å². The molecular weight excluding hydrogens is 280 g/mol. The van der Waals surface area contributed by atoms with E-state index in [1.165, 1.54) is 7.11 Å². The number of rotatable bonds is 6. The second kappa shape index (κ2) is 5.38. The average molecular weight is 300 g/mol. The molecule has 0 spiro atoms. The Kier molecular flexibility index (Phi) is 3.67. The first-order valence-corrected chi connectivity index (χ1v) is 7.49. The monoisotopic (exact) mass is 300 g/mol. The van der Waals surface area contributed by atoms with Crippen LogP contribution in [0, 0.1) is 22.2 Å². The molecule has 0 saturated heterocycles. The zero-order valence-electron chi connectivity index (χ0n) is 12.6. The molecule has 0 aromatic heterocycles. The predicted octanol–water partition coefficient (Wildman–Crippen LogP) is 1.55. The van der Waals surface area contributed by atoms with Crippen LogP contribution in [0.5, 0.6) is 0 Å². The molecule has 3 aliphatic rings. The van der Waals surface area contributed by atoms with Gasteiger partial charge in [0.1, 0.15) is 6.04 Å². The zero-order chi connectivity index (χ0) is 15.8. The van der Waals surface area contributed by atoms with Crippen molar-refractivity contribution in [2.24, 2.45) is 10.8 Å². The summed E-state index contributed by atoms with van der Waals surface area (Å²) in [4.78, 5) is 11.7. The number of aliphatic hydroxyl groups is 1. The van der Waals surface area contributed by atoms with E-state index in [4.69, 9.17) is 4.74 Å². The van der Waals surface area contributed by atoms with Crippen LogP contribution >= 0.6 is 0 Å². The van der Waals surface area contributed by atoms with Crippen LogP contribution in [0.15, 0.2) is 30.3 Å². The minimum atomic E-state index is -0.364. The molecule has 3 saturated carbocycles. The second-order valence-corrected chi connectivity index (χ2v) is 6.54. The molecule has 2 N–H and O–H groups in total. The van der Waals surface area contributed by atoms with Crippen molar-refractivity contribution in [1.82, 2.24) is 5.32 Å². The van der Waals surface area contributed by atoms with Crippen LogP contribution in [0.1, 0.15) is 30.9 Å². The first-order valence-electron chi connectivity index (χ1n) is 7.49. The number of nitrogens with one attached hydrogen (secondary N) is 1. The van der Waals surface area contributed by atoms with Gasteiger partial charge in [-0.15, -0.1) is 0 Å². The fourth-order valence-electron chi connectivity index (χ4n) is 4.10. The van der Waals surface area contributed by atoms with E-state index in [1.54, 1.807) is 0 Å². The van der Waals surface area contributed by atoms with Crippen molar-refractivity contribution in [2.75, 3.05) is 13.7 Å². The van der Waals surface area contributed by atoms with E-state index in [1.807, 2.05) is 30.3 Å². The average Bonchev–Trinajstić information content (AvgIpc) is 2.48. The van der Waals surface area contributed by atoms with Crippen molar-refractivity contribution in [2.45, 2.75) is 31.3 Å². The lowest BCUT2D eigenvalue weighted by atomic mass is 9.33. The number of carbonyl (C=O) groups excluding carboxylic acids is 1. The van der Waals surface area contributed by atoms with Crippen molar-refractivity contribution < 1.29 is 14.6 Å². The SMILES string of the molecule is COC(=O)C12CC([C@H](C#N)N[C@@H](CO)c3ccccc3)(C1)C2. The number of ether oxygens (including phenoxy) is 1. The zero-order valence-corrected chi connectivity index (χ0v) is 12.6. The standard InChI is InChI=1S/C17H20N2O3/c1-22-15(21)17-9-16(10-17,11-17)14(7-18)19-13(8-20)12-5-3-2-4-6-12/h2-6,13-14,19-20H,8-11H2,1H3/t13-,14-,16?,17?/m0/s1. The summed E-state index contributed by atoms with van der Waals surface area (Å²) in [6.07, 6.45) is 2.10. The largest absolute Gasteiger partial charge is 0.469 e. The van der Waals surface area contributed by atoms with Crippen LogP contribution in [0.25, 0.3) is 0 Å². The van der Waals surface area contributed by atoms with Gasteiger partial charge in [0.25, 0.3) is 0 Å². The molecule has 0 heterocycles. The van der Waals surface area contributed by atoms with Crippen LogP contribution in [0.2, 0.25) is 0 Å². The topological polar surface area (TPSA) is 82.4 Å². The smallest absolute Gasteiger partial charge is 0.311 e. The van der Waals surface area contributed by atoms with Crippen LogP contribution < -0.4 is 5.32 Å². The Labute approximate surface area is 129 Å². The molecular formula is C17H20N2O3. The molecule has 5 heteroatoms. The summed E-state index contributed by atoms with van der Waals surface area (Å²) in [7, 11) is 1.41. The van der Waals surface area contributed by atoms with Crippen molar-refractivity contribution in [3.8, 4) is 6.07 Å². The quantitative estimate of drug-likeness (QED) is 0.779. The number of hydrogen-bond acceptors (Lipinski definition) is 5. The summed E-state index contributed by atoms with van der Waals surface area (Å²) in [6.45, 7) is -0.0690. The molecule has 22 heavy (non-hydrogen) atoms. The first kappa shape index (κ1) is 15.0. The van der Waals surface area contributed by atoms with Crippen LogP contribution in [0.4, 0.5) is 0 Å². The highest BCUT2D eigenvalue weighted by molar-refractivity contribution is 5.81. The Bertz CT molecular complexity index is 588. The van der Waals surface area contributed by atoms with Gasteiger partial charge in [0.05, 0.1) is 31.2 Å². The van der Waals surface area contributed by atoms with Crippen molar-refractivity contribution >= 4 is 5.97 Å². The molecule has 3 aliphatic carbocycles. The molecule has 0 unspecified atom stereocenters. The lowest BCUT2D eigenvalue weighted by Crippen LogP contribution is -2.72. The summed E-state index contributed by atoms with van der Waals surface area (Å²) in [6, 6.07) is 11.3. The van der Waals surface area contributed by atoms with E-state index in [0.717, 1.165) is 5.56 Å². The van der Waals surface area contributed by atoms with Gasteiger partial charge in [-0.3, -0.25) is 10.1 Å². The van der Waals surface area contributed by atoms with Gasteiger partial charge < -0.3 is 9.84 Å². The van der Waals surface area contributed by atoms with E-state index in [0.29, 0.717) is 19.3 Å². The third-order valence-electron chi connectivity index (χ3n) is 5.18. The highest BCUT2D eigenvalue weighted by Crippen LogP contribution is 2.75. The number of hydrogen-bond donors (Lipinski definition) is 2. The van der Waals surface area contributed by atoms with E-state index in [9.17, 15) is 15.2 Å². The fourth-order valence-corrected chi connectivity index (χ4v) is 4.10. The van der Waals surface area contributed by atoms with Crippen LogP contribution in [0.3, 0.4) is 0 Å². The summed E-state index contributed by atoms with van der Waals surface area (Å²) in [5.74, 6) is -0.159. The van der Waals surface area contributed by atoms with Crippen LogP contribution in [-0.2, 0) is 9.53 Å². The number of benzene rings is 1. The number of nitriles is 1. The Morgan fingerprint density at radius 1 is 1.41 bits per heavy atom. The Morgan fingerprint density at radius 3 is 2.55 bits per heavy atom. The predicted molar refractivity (Wildman–Crippen MR) is 79.5 cm³/mol. The van der Waals surface area contributed by atoms with Crippen molar-refractivity contribution in [1.29, 1.82) is 5.26 Å². The minimum absolute atomic E-state index is 0.0690. The van der Waals surface area contributed by atoms with Crippen LogP contribution in [-0.4, -0.2) is 30.8 Å². The number of esters is 1. The second-order valence-electron chi connectivity index (χ2n) is 6.54. The normalized spacial score (nSPS) is 31.1. The van der Waals surface area contributed by atoms with Crippen molar-refractivity contribution in [3.63, 3.8) is 0 Å². The third-order valence-corrected chi connectivity index (χ3v) is 5.18. The maximum atomic E-state index is 11.7. The van der Waals surface area contributed by atoms with Gasteiger partial charge in [0.15, 0.2) is 0 Å². The van der Waals surface area contributed by atoms with E-state index in [2.05, 4.69) is 11.4 Å². The summed E-state index contributed by atoms with van der Waals surface area (Å²) in [5.41, 5.74) is 0.456. The van der Waals surface area contributed by atoms with E-state index >= 15 is 0 Å². The lowest BCUT2D eigenvalue weighted by molar-refractivity contribution is -0.231. The number of carbonyl (C=O) groups is 1. The fraction of sp³-hybridized carbons (Fsp3) is 0.529. The van der Waals surface area contributed by atoms with Gasteiger partial charge in [-0.1, -0.05) is 30.3 Å². The molecule has 1 aromatic rings.